The van der Waals surface area contributed by atoms with E-state index in [1.165, 1.54) is 5.56 Å². The summed E-state index contributed by atoms with van der Waals surface area (Å²) >= 11 is 0. The molecular formula is C17H25NO3. The zero-order valence-electron chi connectivity index (χ0n) is 13.0. The molecule has 4 heteroatoms. The number of hydrogen-bond acceptors (Lipinski definition) is 4. The summed E-state index contributed by atoms with van der Waals surface area (Å²) in [4.78, 5) is 2.36. The van der Waals surface area contributed by atoms with Gasteiger partial charge in [-0.2, -0.15) is 0 Å². The third-order valence-electron chi connectivity index (χ3n) is 3.11. The van der Waals surface area contributed by atoms with Crippen LogP contribution in [0.1, 0.15) is 17.5 Å². The van der Waals surface area contributed by atoms with Crippen LogP contribution in [0.4, 0.5) is 0 Å². The van der Waals surface area contributed by atoms with Gasteiger partial charge in [0.05, 0.1) is 6.61 Å². The van der Waals surface area contributed by atoms with E-state index in [9.17, 15) is 0 Å². The van der Waals surface area contributed by atoms with Crippen LogP contribution in [0, 0.1) is 11.8 Å². The minimum Gasteiger partial charge on any atom is -0.385 e. The Morgan fingerprint density at radius 3 is 2.38 bits per heavy atom. The van der Waals surface area contributed by atoms with E-state index in [2.05, 4.69) is 28.9 Å². The van der Waals surface area contributed by atoms with E-state index < -0.39 is 0 Å². The van der Waals surface area contributed by atoms with Gasteiger partial charge in [0.15, 0.2) is 0 Å². The summed E-state index contributed by atoms with van der Waals surface area (Å²) in [5.41, 5.74) is 2.17. The Labute approximate surface area is 127 Å². The lowest BCUT2D eigenvalue weighted by Crippen LogP contribution is -2.28. The molecule has 1 N–H and O–H groups in total. The monoisotopic (exact) mass is 291 g/mol. The van der Waals surface area contributed by atoms with Crippen molar-refractivity contribution in [3.8, 4) is 11.8 Å². The summed E-state index contributed by atoms with van der Waals surface area (Å²) < 4.78 is 10.3. The van der Waals surface area contributed by atoms with Crippen molar-refractivity contribution in [3.05, 3.63) is 35.4 Å². The van der Waals surface area contributed by atoms with Gasteiger partial charge >= 0.3 is 0 Å². The second-order valence-electron chi connectivity index (χ2n) is 4.77. The number of aliphatic hydroxyl groups is 1. The Bertz CT molecular complexity index is 434. The highest BCUT2D eigenvalue weighted by Gasteiger charge is 2.05. The SMILES string of the molecule is COCCCN(CCOC)Cc1ccc(C#CCO)cc1. The predicted molar refractivity (Wildman–Crippen MR) is 84.1 cm³/mol. The molecule has 0 aliphatic heterocycles. The number of nitrogens with zero attached hydrogens (tertiary/aromatic N) is 1. The van der Waals surface area contributed by atoms with E-state index in [0.29, 0.717) is 0 Å². The van der Waals surface area contributed by atoms with Crippen LogP contribution in [-0.2, 0) is 16.0 Å². The number of ether oxygens (including phenoxy) is 2. The van der Waals surface area contributed by atoms with E-state index in [-0.39, 0.29) is 6.61 Å². The van der Waals surface area contributed by atoms with E-state index in [4.69, 9.17) is 14.6 Å². The highest BCUT2D eigenvalue weighted by Crippen LogP contribution is 2.08. The number of rotatable bonds is 9. The Hall–Kier alpha value is -1.38. The van der Waals surface area contributed by atoms with Crippen molar-refractivity contribution in [3.63, 3.8) is 0 Å². The number of aliphatic hydroxyl groups excluding tert-OH is 1. The molecule has 0 aliphatic rings. The van der Waals surface area contributed by atoms with Crippen molar-refractivity contribution in [2.45, 2.75) is 13.0 Å². The molecule has 0 unspecified atom stereocenters. The van der Waals surface area contributed by atoms with Crippen LogP contribution >= 0.6 is 0 Å². The van der Waals surface area contributed by atoms with Crippen LogP contribution in [0.5, 0.6) is 0 Å². The molecule has 0 atom stereocenters. The molecule has 116 valence electrons. The normalized spacial score (nSPS) is 10.5. The summed E-state index contributed by atoms with van der Waals surface area (Å²) in [5.74, 6) is 5.55. The average Bonchev–Trinajstić information content (AvgIpc) is 2.52. The standard InChI is InChI=1S/C17H25NO3/c1-20-13-4-10-18(11-14-21-2)15-17-8-6-16(7-9-17)5-3-12-19/h6-9,19H,4,10-15H2,1-2H3. The second kappa shape index (κ2) is 11.3. The quantitative estimate of drug-likeness (QED) is 0.553. The largest absolute Gasteiger partial charge is 0.385 e. The van der Waals surface area contributed by atoms with Gasteiger partial charge in [-0.3, -0.25) is 4.90 Å². The van der Waals surface area contributed by atoms with Crippen LogP contribution in [0.15, 0.2) is 24.3 Å². The van der Waals surface area contributed by atoms with E-state index >= 15 is 0 Å². The fourth-order valence-corrected chi connectivity index (χ4v) is 2.02. The molecule has 21 heavy (non-hydrogen) atoms. The van der Waals surface area contributed by atoms with Gasteiger partial charge in [0.2, 0.25) is 0 Å². The van der Waals surface area contributed by atoms with Gasteiger partial charge in [-0.1, -0.05) is 24.0 Å². The van der Waals surface area contributed by atoms with Crippen LogP contribution in [0.2, 0.25) is 0 Å². The van der Waals surface area contributed by atoms with Gasteiger partial charge in [-0.05, 0) is 24.1 Å². The number of benzene rings is 1. The second-order valence-corrected chi connectivity index (χ2v) is 4.77. The molecule has 0 bridgehead atoms. The van der Waals surface area contributed by atoms with Crippen molar-refractivity contribution >= 4 is 0 Å². The molecule has 0 amide bonds. The van der Waals surface area contributed by atoms with Crippen molar-refractivity contribution in [1.82, 2.24) is 4.90 Å². The van der Waals surface area contributed by atoms with Gasteiger partial charge in [0.25, 0.3) is 0 Å². The highest BCUT2D eigenvalue weighted by atomic mass is 16.5. The van der Waals surface area contributed by atoms with Gasteiger partial charge in [0.1, 0.15) is 6.61 Å². The molecule has 0 heterocycles. The first-order valence-electron chi connectivity index (χ1n) is 7.19. The summed E-state index contributed by atoms with van der Waals surface area (Å²) in [6.45, 7) is 4.19. The molecule has 1 aromatic carbocycles. The maximum atomic E-state index is 8.68. The Morgan fingerprint density at radius 2 is 1.76 bits per heavy atom. The first-order valence-corrected chi connectivity index (χ1v) is 7.19. The summed E-state index contributed by atoms with van der Waals surface area (Å²) in [7, 11) is 3.45. The number of hydrogen-bond donors (Lipinski definition) is 1. The van der Waals surface area contributed by atoms with Gasteiger partial charge in [-0.15, -0.1) is 0 Å². The lowest BCUT2D eigenvalue weighted by Gasteiger charge is -2.22. The molecule has 0 saturated heterocycles. The average molecular weight is 291 g/mol. The molecule has 0 aliphatic carbocycles. The molecule has 0 saturated carbocycles. The maximum Gasteiger partial charge on any atom is 0.104 e. The molecule has 1 rings (SSSR count). The topological polar surface area (TPSA) is 41.9 Å². The maximum absolute atomic E-state index is 8.68. The molecule has 0 fully saturated rings. The van der Waals surface area contributed by atoms with Crippen molar-refractivity contribution < 1.29 is 14.6 Å². The zero-order valence-corrected chi connectivity index (χ0v) is 13.0. The fraction of sp³-hybridized carbons (Fsp3) is 0.529. The summed E-state index contributed by atoms with van der Waals surface area (Å²) in [5, 5.41) is 8.68. The molecule has 0 radical (unpaired) electrons. The van der Waals surface area contributed by atoms with Gasteiger partial charge < -0.3 is 14.6 Å². The summed E-state index contributed by atoms with van der Waals surface area (Å²) in [6, 6.07) is 8.14. The van der Waals surface area contributed by atoms with Gasteiger partial charge in [0, 0.05) is 46.0 Å². The third-order valence-corrected chi connectivity index (χ3v) is 3.11. The highest BCUT2D eigenvalue weighted by molar-refractivity contribution is 5.36. The van der Waals surface area contributed by atoms with Gasteiger partial charge in [-0.25, -0.2) is 0 Å². The van der Waals surface area contributed by atoms with Crippen molar-refractivity contribution in [1.29, 1.82) is 0 Å². The lowest BCUT2D eigenvalue weighted by molar-refractivity contribution is 0.129. The molecule has 1 aromatic rings. The Balaban J connectivity index is 2.55. The smallest absolute Gasteiger partial charge is 0.104 e. The molecule has 0 aromatic heterocycles. The first-order chi connectivity index (χ1) is 10.3. The molecule has 4 nitrogen and oxygen atoms in total. The third kappa shape index (κ3) is 7.84. The fourth-order valence-electron chi connectivity index (χ4n) is 2.02. The number of methoxy groups -OCH3 is 2. The Kier molecular flexibility index (Phi) is 9.51. The minimum atomic E-state index is -0.105. The Morgan fingerprint density at radius 1 is 1.05 bits per heavy atom. The molecule has 0 spiro atoms. The van der Waals surface area contributed by atoms with E-state index in [0.717, 1.165) is 44.8 Å². The lowest BCUT2D eigenvalue weighted by atomic mass is 10.1. The summed E-state index contributed by atoms with van der Waals surface area (Å²) in [6.07, 6.45) is 1.01. The first kappa shape index (κ1) is 17.7. The van der Waals surface area contributed by atoms with Crippen LogP contribution in [0.25, 0.3) is 0 Å². The van der Waals surface area contributed by atoms with E-state index in [1.807, 2.05) is 12.1 Å². The van der Waals surface area contributed by atoms with Crippen LogP contribution in [0.3, 0.4) is 0 Å². The van der Waals surface area contributed by atoms with Crippen LogP contribution in [-0.4, -0.2) is 57.1 Å². The van der Waals surface area contributed by atoms with Crippen molar-refractivity contribution in [2.24, 2.45) is 0 Å². The predicted octanol–water partition coefficient (Wildman–Crippen LogP) is 1.52. The zero-order chi connectivity index (χ0) is 15.3. The minimum absolute atomic E-state index is 0.105. The van der Waals surface area contributed by atoms with E-state index in [1.54, 1.807) is 14.2 Å². The molecular weight excluding hydrogens is 266 g/mol. The van der Waals surface area contributed by atoms with Crippen LogP contribution < -0.4 is 0 Å². The van der Waals surface area contributed by atoms with Crippen molar-refractivity contribution in [2.75, 3.05) is 47.1 Å².